The number of benzene rings is 1. The van der Waals surface area contributed by atoms with Gasteiger partial charge in [0.15, 0.2) is 5.78 Å². The molecule has 1 heterocycles. The number of nitrogens with one attached hydrogen (secondary N) is 2. The topological polar surface area (TPSA) is 75.3 Å². The van der Waals surface area contributed by atoms with Crippen molar-refractivity contribution in [2.75, 3.05) is 16.8 Å². The lowest BCUT2D eigenvalue weighted by Gasteiger charge is -2.15. The number of thioether (sulfide) groups is 1. The van der Waals surface area contributed by atoms with E-state index in [0.717, 1.165) is 5.75 Å². The number of anilines is 1. The molecule has 0 bridgehead atoms. The Bertz CT molecular complexity index is 545. The molecule has 20 heavy (non-hydrogen) atoms. The SMILES string of the molecule is CC(=O)c1cccc(NC(=O)[C@@H]2CSCCC(=O)N2)c1. The number of carbonyl (C=O) groups excluding carboxylic acids is 3. The van der Waals surface area contributed by atoms with Crippen LogP contribution in [0.1, 0.15) is 23.7 Å². The minimum Gasteiger partial charge on any atom is -0.343 e. The van der Waals surface area contributed by atoms with E-state index in [-0.39, 0.29) is 17.6 Å². The highest BCUT2D eigenvalue weighted by atomic mass is 32.2. The van der Waals surface area contributed by atoms with Gasteiger partial charge in [0.25, 0.3) is 0 Å². The predicted molar refractivity (Wildman–Crippen MR) is 78.9 cm³/mol. The minimum atomic E-state index is -0.531. The van der Waals surface area contributed by atoms with Crippen LogP contribution < -0.4 is 10.6 Å². The Morgan fingerprint density at radius 1 is 1.40 bits per heavy atom. The number of rotatable bonds is 3. The molecule has 1 fully saturated rings. The van der Waals surface area contributed by atoms with Crippen molar-refractivity contribution in [3.8, 4) is 0 Å². The van der Waals surface area contributed by atoms with Crippen LogP contribution in [0.3, 0.4) is 0 Å². The van der Waals surface area contributed by atoms with E-state index < -0.39 is 6.04 Å². The molecule has 1 aromatic carbocycles. The van der Waals surface area contributed by atoms with E-state index in [1.54, 1.807) is 36.0 Å². The highest BCUT2D eigenvalue weighted by Gasteiger charge is 2.23. The Hall–Kier alpha value is -1.82. The molecule has 0 spiro atoms. The number of hydrogen-bond donors (Lipinski definition) is 2. The fourth-order valence-corrected chi connectivity index (χ4v) is 2.83. The molecule has 1 aromatic rings. The standard InChI is InChI=1S/C14H16N2O3S/c1-9(17)10-3-2-4-11(7-10)15-14(19)12-8-20-6-5-13(18)16-12/h2-4,7,12H,5-6,8H2,1H3,(H,15,19)(H,16,18)/t12-/m0/s1. The first-order valence-electron chi connectivity index (χ1n) is 6.35. The second kappa shape index (κ2) is 6.56. The first-order valence-corrected chi connectivity index (χ1v) is 7.50. The number of hydrogen-bond acceptors (Lipinski definition) is 4. The second-order valence-corrected chi connectivity index (χ2v) is 5.72. The van der Waals surface area contributed by atoms with Gasteiger partial charge in [-0.25, -0.2) is 0 Å². The summed E-state index contributed by atoms with van der Waals surface area (Å²) >= 11 is 1.58. The molecule has 0 aromatic heterocycles. The number of carbonyl (C=O) groups is 3. The van der Waals surface area contributed by atoms with Gasteiger partial charge in [-0.05, 0) is 19.1 Å². The van der Waals surface area contributed by atoms with Gasteiger partial charge in [-0.3, -0.25) is 14.4 Å². The van der Waals surface area contributed by atoms with Gasteiger partial charge >= 0.3 is 0 Å². The molecule has 0 radical (unpaired) electrons. The first-order chi connectivity index (χ1) is 9.56. The van der Waals surface area contributed by atoms with E-state index >= 15 is 0 Å². The second-order valence-electron chi connectivity index (χ2n) is 4.57. The van der Waals surface area contributed by atoms with E-state index in [1.165, 1.54) is 6.92 Å². The van der Waals surface area contributed by atoms with E-state index in [2.05, 4.69) is 10.6 Å². The zero-order valence-corrected chi connectivity index (χ0v) is 12.0. The van der Waals surface area contributed by atoms with E-state index in [1.807, 2.05) is 0 Å². The first kappa shape index (κ1) is 14.6. The lowest BCUT2D eigenvalue weighted by atomic mass is 10.1. The van der Waals surface area contributed by atoms with Crippen molar-refractivity contribution in [2.24, 2.45) is 0 Å². The van der Waals surface area contributed by atoms with Crippen LogP contribution in [0.5, 0.6) is 0 Å². The Morgan fingerprint density at radius 3 is 2.95 bits per heavy atom. The average molecular weight is 292 g/mol. The molecule has 1 saturated heterocycles. The zero-order valence-electron chi connectivity index (χ0n) is 11.1. The molecule has 0 unspecified atom stereocenters. The molecule has 5 nitrogen and oxygen atoms in total. The lowest BCUT2D eigenvalue weighted by Crippen LogP contribution is -2.44. The summed E-state index contributed by atoms with van der Waals surface area (Å²) in [6.07, 6.45) is 0.439. The molecule has 1 aliphatic rings. The summed E-state index contributed by atoms with van der Waals surface area (Å²) in [6, 6.07) is 6.23. The maximum atomic E-state index is 12.1. The van der Waals surface area contributed by atoms with Crippen molar-refractivity contribution in [2.45, 2.75) is 19.4 Å². The highest BCUT2D eigenvalue weighted by molar-refractivity contribution is 7.99. The van der Waals surface area contributed by atoms with Crippen LogP contribution in [-0.2, 0) is 9.59 Å². The zero-order chi connectivity index (χ0) is 14.5. The van der Waals surface area contributed by atoms with Crippen LogP contribution in [0.4, 0.5) is 5.69 Å². The van der Waals surface area contributed by atoms with Crippen LogP contribution in [-0.4, -0.2) is 35.1 Å². The predicted octanol–water partition coefficient (Wildman–Crippen LogP) is 1.45. The summed E-state index contributed by atoms with van der Waals surface area (Å²) < 4.78 is 0. The van der Waals surface area contributed by atoms with Gasteiger partial charge in [0, 0.05) is 29.2 Å². The molecule has 6 heteroatoms. The van der Waals surface area contributed by atoms with Gasteiger partial charge < -0.3 is 10.6 Å². The largest absolute Gasteiger partial charge is 0.343 e. The fourth-order valence-electron chi connectivity index (χ4n) is 1.86. The van der Waals surface area contributed by atoms with Crippen molar-refractivity contribution in [3.63, 3.8) is 0 Å². The smallest absolute Gasteiger partial charge is 0.247 e. The van der Waals surface area contributed by atoms with Gasteiger partial charge in [-0.15, -0.1) is 0 Å². The normalized spacial score (nSPS) is 18.9. The van der Waals surface area contributed by atoms with E-state index in [4.69, 9.17) is 0 Å². The number of amides is 2. The van der Waals surface area contributed by atoms with E-state index in [9.17, 15) is 14.4 Å². The summed E-state index contributed by atoms with van der Waals surface area (Å²) in [4.78, 5) is 34.9. The summed E-state index contributed by atoms with van der Waals surface area (Å²) in [7, 11) is 0. The summed E-state index contributed by atoms with van der Waals surface area (Å²) in [6.45, 7) is 1.48. The maximum absolute atomic E-state index is 12.1. The molecular formula is C14H16N2O3S. The minimum absolute atomic E-state index is 0.0561. The van der Waals surface area contributed by atoms with Crippen molar-refractivity contribution < 1.29 is 14.4 Å². The molecule has 2 N–H and O–H groups in total. The lowest BCUT2D eigenvalue weighted by molar-refractivity contribution is -0.125. The monoisotopic (exact) mass is 292 g/mol. The fraction of sp³-hybridized carbons (Fsp3) is 0.357. The molecule has 0 saturated carbocycles. The molecule has 2 amide bonds. The molecular weight excluding hydrogens is 276 g/mol. The average Bonchev–Trinajstić information content (AvgIpc) is 2.63. The third-order valence-corrected chi connectivity index (χ3v) is 4.01. The molecule has 106 valence electrons. The van der Waals surface area contributed by atoms with Crippen LogP contribution in [0.2, 0.25) is 0 Å². The van der Waals surface area contributed by atoms with Crippen molar-refractivity contribution in [3.05, 3.63) is 29.8 Å². The third kappa shape index (κ3) is 3.84. The Kier molecular flexibility index (Phi) is 4.79. The van der Waals surface area contributed by atoms with Gasteiger partial charge in [-0.1, -0.05) is 12.1 Å². The summed E-state index contributed by atoms with van der Waals surface area (Å²) in [5.74, 6) is 0.875. The van der Waals surface area contributed by atoms with Gasteiger partial charge in [0.05, 0.1) is 0 Å². The van der Waals surface area contributed by atoms with Crippen molar-refractivity contribution >= 4 is 35.0 Å². The van der Waals surface area contributed by atoms with Crippen LogP contribution >= 0.6 is 11.8 Å². The van der Waals surface area contributed by atoms with Gasteiger partial charge in [0.1, 0.15) is 6.04 Å². The number of ketones is 1. The maximum Gasteiger partial charge on any atom is 0.247 e. The molecule has 1 atom stereocenters. The quantitative estimate of drug-likeness (QED) is 0.827. The highest BCUT2D eigenvalue weighted by Crippen LogP contribution is 2.14. The molecule has 1 aliphatic heterocycles. The number of Topliss-reactive ketones (excluding diaryl/α,β-unsaturated/α-hetero) is 1. The van der Waals surface area contributed by atoms with Crippen molar-refractivity contribution in [1.29, 1.82) is 0 Å². The summed E-state index contributed by atoms with van der Waals surface area (Å²) in [5.41, 5.74) is 1.10. The third-order valence-electron chi connectivity index (χ3n) is 2.95. The van der Waals surface area contributed by atoms with Gasteiger partial charge in [-0.2, -0.15) is 11.8 Å². The van der Waals surface area contributed by atoms with E-state index in [0.29, 0.717) is 23.4 Å². The van der Waals surface area contributed by atoms with Crippen LogP contribution in [0.15, 0.2) is 24.3 Å². The Morgan fingerprint density at radius 2 is 2.20 bits per heavy atom. The van der Waals surface area contributed by atoms with Crippen molar-refractivity contribution in [1.82, 2.24) is 5.32 Å². The molecule has 0 aliphatic carbocycles. The Balaban J connectivity index is 2.05. The summed E-state index contributed by atoms with van der Waals surface area (Å²) in [5, 5.41) is 5.43. The van der Waals surface area contributed by atoms with Crippen LogP contribution in [0.25, 0.3) is 0 Å². The Labute approximate surface area is 121 Å². The van der Waals surface area contributed by atoms with Crippen LogP contribution in [0, 0.1) is 0 Å². The van der Waals surface area contributed by atoms with Gasteiger partial charge in [0.2, 0.25) is 11.8 Å². The molecule has 2 rings (SSSR count).